The molecular weight excluding hydrogens is 438 g/mol. The van der Waals surface area contributed by atoms with E-state index < -0.39 is 16.8 Å². The highest BCUT2D eigenvalue weighted by Crippen LogP contribution is 2.74. The third kappa shape index (κ3) is 2.89. The van der Waals surface area contributed by atoms with Crippen LogP contribution in [-0.2, 0) is 14.4 Å². The highest BCUT2D eigenvalue weighted by atomic mass is 16.4. The van der Waals surface area contributed by atoms with E-state index in [9.17, 15) is 24.8 Å². The van der Waals surface area contributed by atoms with Gasteiger partial charge in [0.25, 0.3) is 0 Å². The number of carbonyl (C=O) groups excluding carboxylic acids is 2. The van der Waals surface area contributed by atoms with Crippen LogP contribution in [0.25, 0.3) is 0 Å². The van der Waals surface area contributed by atoms with Gasteiger partial charge in [0.1, 0.15) is 6.07 Å². The monoisotopic (exact) mass is 477 g/mol. The van der Waals surface area contributed by atoms with Gasteiger partial charge >= 0.3 is 5.97 Å². The van der Waals surface area contributed by atoms with Crippen LogP contribution in [0.1, 0.15) is 86.5 Å². The minimum atomic E-state index is -0.720. The van der Waals surface area contributed by atoms with E-state index in [-0.39, 0.29) is 57.1 Å². The molecule has 0 aliphatic heterocycles. The Balaban J connectivity index is 1.67. The third-order valence-corrected chi connectivity index (χ3v) is 12.1. The minimum Gasteiger partial charge on any atom is -0.481 e. The number of allylic oxidation sites excluding steroid dienone is 4. The fraction of sp³-hybridized carbons (Fsp3) is 0.733. The summed E-state index contributed by atoms with van der Waals surface area (Å²) in [6, 6.07) is 2.14. The van der Waals surface area contributed by atoms with Crippen LogP contribution in [-0.4, -0.2) is 22.6 Å². The summed E-state index contributed by atoms with van der Waals surface area (Å²) in [4.78, 5) is 39.2. The molecule has 5 aliphatic carbocycles. The van der Waals surface area contributed by atoms with Gasteiger partial charge in [-0.1, -0.05) is 53.2 Å². The number of carboxylic acid groups (broad SMARTS) is 1. The smallest absolute Gasteiger partial charge is 0.306 e. The predicted molar refractivity (Wildman–Crippen MR) is 132 cm³/mol. The Bertz CT molecular complexity index is 1140. The lowest BCUT2D eigenvalue weighted by Crippen LogP contribution is -2.65. The van der Waals surface area contributed by atoms with Gasteiger partial charge in [-0.3, -0.25) is 14.4 Å². The molecule has 188 valence electrons. The second-order valence-electron chi connectivity index (χ2n) is 13.9. The molecule has 0 heterocycles. The summed E-state index contributed by atoms with van der Waals surface area (Å²) >= 11 is 0. The Morgan fingerprint density at radius 3 is 2.34 bits per heavy atom. The van der Waals surface area contributed by atoms with Gasteiger partial charge in [0.2, 0.25) is 0 Å². The standard InChI is InChI=1S/C30H39NO4/c1-26(2)22-8-10-30(6)23(28(22,4)15-18(16-31)24(26)33)21(32)14-20-19-13-17(25(34)35)7-9-27(19,3)11-12-29(20,30)5/h14-15,17,19,22-23H,7-13H2,1-6H3,(H,34,35)/t17-,19-,22-,23+,27+,28-,29+,30+/m0/s1. The van der Waals surface area contributed by atoms with E-state index in [4.69, 9.17) is 0 Å². The molecule has 0 aromatic carbocycles. The van der Waals surface area contributed by atoms with Crippen molar-refractivity contribution in [3.05, 3.63) is 23.3 Å². The van der Waals surface area contributed by atoms with E-state index in [2.05, 4.69) is 33.8 Å². The normalized spacial score (nSPS) is 48.3. The summed E-state index contributed by atoms with van der Waals surface area (Å²) in [5, 5.41) is 19.6. The molecule has 0 aromatic heterocycles. The molecule has 1 N–H and O–H groups in total. The van der Waals surface area contributed by atoms with E-state index >= 15 is 0 Å². The maximum atomic E-state index is 14.2. The Labute approximate surface area is 209 Å². The van der Waals surface area contributed by atoms with Crippen molar-refractivity contribution in [1.29, 1.82) is 5.26 Å². The Morgan fingerprint density at radius 1 is 1.03 bits per heavy atom. The van der Waals surface area contributed by atoms with Gasteiger partial charge < -0.3 is 5.11 Å². The number of rotatable bonds is 1. The number of carboxylic acids is 1. The summed E-state index contributed by atoms with van der Waals surface area (Å²) in [6.07, 6.45) is 9.69. The van der Waals surface area contributed by atoms with Crippen LogP contribution in [0.4, 0.5) is 0 Å². The van der Waals surface area contributed by atoms with Crippen molar-refractivity contribution in [3.8, 4) is 6.07 Å². The molecule has 5 aliphatic rings. The zero-order valence-electron chi connectivity index (χ0n) is 22.0. The maximum absolute atomic E-state index is 14.2. The second-order valence-corrected chi connectivity index (χ2v) is 13.9. The number of nitriles is 1. The number of Topliss-reactive ketones (excluding diaryl/α,β-unsaturated/α-hetero) is 1. The minimum absolute atomic E-state index is 0.0000952. The van der Waals surface area contributed by atoms with Gasteiger partial charge in [-0.2, -0.15) is 5.26 Å². The Hall–Kier alpha value is -2.22. The molecular formula is C30H39NO4. The maximum Gasteiger partial charge on any atom is 0.306 e. The molecule has 5 nitrogen and oxygen atoms in total. The lowest BCUT2D eigenvalue weighted by Gasteiger charge is -2.68. The molecule has 0 aromatic rings. The summed E-state index contributed by atoms with van der Waals surface area (Å²) in [7, 11) is 0. The quantitative estimate of drug-likeness (QED) is 0.507. The number of aliphatic carboxylic acids is 1. The van der Waals surface area contributed by atoms with Gasteiger partial charge in [0.15, 0.2) is 11.6 Å². The predicted octanol–water partition coefficient (Wildman–Crippen LogP) is 5.90. The lowest BCUT2D eigenvalue weighted by molar-refractivity contribution is -0.170. The number of ketones is 2. The first kappa shape index (κ1) is 24.5. The first-order valence-electron chi connectivity index (χ1n) is 13.3. The van der Waals surface area contributed by atoms with Gasteiger partial charge in [-0.25, -0.2) is 0 Å². The summed E-state index contributed by atoms with van der Waals surface area (Å²) in [5.41, 5.74) is -0.383. The summed E-state index contributed by atoms with van der Waals surface area (Å²) < 4.78 is 0. The van der Waals surface area contributed by atoms with E-state index in [1.807, 2.05) is 26.0 Å². The van der Waals surface area contributed by atoms with E-state index in [0.29, 0.717) is 12.8 Å². The first-order valence-corrected chi connectivity index (χ1v) is 13.3. The number of hydrogen-bond donors (Lipinski definition) is 1. The topological polar surface area (TPSA) is 95.2 Å². The van der Waals surface area contributed by atoms with Gasteiger partial charge in [-0.15, -0.1) is 0 Å². The highest BCUT2D eigenvalue weighted by molar-refractivity contribution is 6.05. The van der Waals surface area contributed by atoms with Crippen LogP contribution in [0.2, 0.25) is 0 Å². The largest absolute Gasteiger partial charge is 0.481 e. The number of hydrogen-bond acceptors (Lipinski definition) is 4. The van der Waals surface area contributed by atoms with Crippen LogP contribution in [0.15, 0.2) is 23.3 Å². The molecule has 8 atom stereocenters. The van der Waals surface area contributed by atoms with Crippen molar-refractivity contribution >= 4 is 17.5 Å². The summed E-state index contributed by atoms with van der Waals surface area (Å²) in [6.45, 7) is 12.9. The zero-order valence-corrected chi connectivity index (χ0v) is 22.0. The van der Waals surface area contributed by atoms with Crippen molar-refractivity contribution < 1.29 is 19.5 Å². The lowest BCUT2D eigenvalue weighted by atomic mass is 9.34. The van der Waals surface area contributed by atoms with Crippen molar-refractivity contribution in [2.75, 3.05) is 0 Å². The van der Waals surface area contributed by atoms with E-state index in [1.165, 1.54) is 5.57 Å². The van der Waals surface area contributed by atoms with Crippen LogP contribution >= 0.6 is 0 Å². The zero-order chi connectivity index (χ0) is 25.8. The molecule has 35 heavy (non-hydrogen) atoms. The van der Waals surface area contributed by atoms with Crippen molar-refractivity contribution in [2.45, 2.75) is 86.5 Å². The van der Waals surface area contributed by atoms with Crippen LogP contribution < -0.4 is 0 Å². The van der Waals surface area contributed by atoms with Crippen LogP contribution in [0.3, 0.4) is 0 Å². The molecule has 3 fully saturated rings. The molecule has 0 bridgehead atoms. The van der Waals surface area contributed by atoms with Gasteiger partial charge in [0, 0.05) is 16.7 Å². The highest BCUT2D eigenvalue weighted by Gasteiger charge is 2.69. The molecule has 0 radical (unpaired) electrons. The van der Waals surface area contributed by atoms with Crippen molar-refractivity contribution in [3.63, 3.8) is 0 Å². The Kier molecular flexibility index (Phi) is 5.02. The molecule has 0 spiro atoms. The van der Waals surface area contributed by atoms with Crippen LogP contribution in [0, 0.1) is 62.1 Å². The van der Waals surface area contributed by atoms with Crippen LogP contribution in [0.5, 0.6) is 0 Å². The number of fused-ring (bicyclic) bond motifs is 7. The number of carbonyl (C=O) groups is 3. The molecule has 0 amide bonds. The molecule has 5 rings (SSSR count). The van der Waals surface area contributed by atoms with E-state index in [0.717, 1.165) is 32.1 Å². The first-order chi connectivity index (χ1) is 16.2. The fourth-order valence-electron chi connectivity index (χ4n) is 9.86. The second kappa shape index (κ2) is 7.17. The average molecular weight is 478 g/mol. The van der Waals surface area contributed by atoms with Crippen molar-refractivity contribution in [2.24, 2.45) is 50.7 Å². The molecule has 3 saturated carbocycles. The van der Waals surface area contributed by atoms with Gasteiger partial charge in [-0.05, 0) is 79.1 Å². The molecule has 5 heteroatoms. The van der Waals surface area contributed by atoms with Crippen molar-refractivity contribution in [1.82, 2.24) is 0 Å². The third-order valence-electron chi connectivity index (χ3n) is 12.1. The fourth-order valence-corrected chi connectivity index (χ4v) is 9.86. The summed E-state index contributed by atoms with van der Waals surface area (Å²) in [5.74, 6) is -1.27. The number of nitrogens with zero attached hydrogens (tertiary/aromatic N) is 1. The molecule has 0 saturated heterocycles. The van der Waals surface area contributed by atoms with E-state index in [1.54, 1.807) is 0 Å². The SMILES string of the molecule is CC1(C)C(=O)C(C#N)=C[C@]2(C)[C@H]3C(=O)C=C4[C@@H]5C[C@@H](C(=O)O)CC[C@]5(C)CC[C@@]4(C)[C@]3(C)CC[C@@H]12. The van der Waals surface area contributed by atoms with Gasteiger partial charge in [0.05, 0.1) is 11.5 Å². The Morgan fingerprint density at radius 2 is 1.71 bits per heavy atom. The average Bonchev–Trinajstić information content (AvgIpc) is 2.77. The molecule has 0 unspecified atom stereocenters.